The molecule has 6 nitrogen and oxygen atoms in total. The first-order valence-corrected chi connectivity index (χ1v) is 12.0. The van der Waals surface area contributed by atoms with Gasteiger partial charge in [0.15, 0.2) is 6.10 Å². The Bertz CT molecular complexity index is 1180. The third-order valence-corrected chi connectivity index (χ3v) is 6.39. The van der Waals surface area contributed by atoms with E-state index in [1.54, 1.807) is 31.2 Å². The molecule has 0 unspecified atom stereocenters. The molecule has 0 aliphatic heterocycles. The van der Waals surface area contributed by atoms with Crippen LogP contribution in [0.2, 0.25) is 5.02 Å². The van der Waals surface area contributed by atoms with Crippen molar-refractivity contribution in [3.8, 4) is 5.75 Å². The molecule has 168 valence electrons. The molecule has 32 heavy (non-hydrogen) atoms. The van der Waals surface area contributed by atoms with Crippen LogP contribution < -0.4 is 14.8 Å². The molecule has 1 amide bonds. The second kappa shape index (κ2) is 10.1. The predicted octanol–water partition coefficient (Wildman–Crippen LogP) is 5.67. The third kappa shape index (κ3) is 6.02. The van der Waals surface area contributed by atoms with Gasteiger partial charge in [0, 0.05) is 16.4 Å². The maximum Gasteiger partial charge on any atom is 0.265 e. The van der Waals surface area contributed by atoms with Gasteiger partial charge >= 0.3 is 0 Å². The van der Waals surface area contributed by atoms with Crippen LogP contribution in [0.4, 0.5) is 11.4 Å². The van der Waals surface area contributed by atoms with E-state index in [0.29, 0.717) is 22.1 Å². The zero-order chi connectivity index (χ0) is 23.3. The molecule has 0 saturated carbocycles. The van der Waals surface area contributed by atoms with Gasteiger partial charge in [-0.25, -0.2) is 8.42 Å². The second-order valence-electron chi connectivity index (χ2n) is 7.58. The summed E-state index contributed by atoms with van der Waals surface area (Å²) in [5.74, 6) is 0.593. The van der Waals surface area contributed by atoms with Gasteiger partial charge in [0.25, 0.3) is 15.9 Å². The number of halogens is 1. The van der Waals surface area contributed by atoms with E-state index in [1.807, 2.05) is 24.3 Å². The molecule has 0 heterocycles. The van der Waals surface area contributed by atoms with E-state index in [9.17, 15) is 13.2 Å². The number of carbonyl (C=O) groups excluding carboxylic acids is 1. The Morgan fingerprint density at radius 1 is 0.875 bits per heavy atom. The fourth-order valence-corrected chi connectivity index (χ4v) is 4.19. The Hall–Kier alpha value is -3.03. The fourth-order valence-electron chi connectivity index (χ4n) is 3.00. The highest BCUT2D eigenvalue weighted by Crippen LogP contribution is 2.27. The van der Waals surface area contributed by atoms with Crippen molar-refractivity contribution in [2.75, 3.05) is 10.0 Å². The van der Waals surface area contributed by atoms with Gasteiger partial charge in [0.1, 0.15) is 5.75 Å². The first-order valence-electron chi connectivity index (χ1n) is 10.1. The molecule has 3 aromatic carbocycles. The van der Waals surface area contributed by atoms with E-state index < -0.39 is 16.1 Å². The van der Waals surface area contributed by atoms with Gasteiger partial charge in [-0.1, -0.05) is 43.6 Å². The highest BCUT2D eigenvalue weighted by atomic mass is 35.5. The van der Waals surface area contributed by atoms with Crippen LogP contribution in [0.5, 0.6) is 5.75 Å². The van der Waals surface area contributed by atoms with Crippen LogP contribution in [0.3, 0.4) is 0 Å². The summed E-state index contributed by atoms with van der Waals surface area (Å²) in [6.45, 7) is 5.79. The number of carbonyl (C=O) groups is 1. The van der Waals surface area contributed by atoms with Gasteiger partial charge in [-0.15, -0.1) is 0 Å². The van der Waals surface area contributed by atoms with E-state index in [4.69, 9.17) is 16.3 Å². The first-order chi connectivity index (χ1) is 15.2. The lowest BCUT2D eigenvalue weighted by Crippen LogP contribution is -2.30. The highest BCUT2D eigenvalue weighted by Gasteiger charge is 2.18. The lowest BCUT2D eigenvalue weighted by Gasteiger charge is -2.18. The zero-order valence-corrected chi connectivity index (χ0v) is 19.6. The van der Waals surface area contributed by atoms with E-state index in [2.05, 4.69) is 23.9 Å². The predicted molar refractivity (Wildman–Crippen MR) is 128 cm³/mol. The van der Waals surface area contributed by atoms with Gasteiger partial charge in [-0.2, -0.15) is 0 Å². The number of nitrogens with one attached hydrogen (secondary N) is 2. The minimum atomic E-state index is -3.77. The van der Waals surface area contributed by atoms with Crippen LogP contribution in [0.15, 0.2) is 77.7 Å². The number of benzene rings is 3. The normalized spacial score (nSPS) is 12.3. The Kier molecular flexibility index (Phi) is 7.43. The van der Waals surface area contributed by atoms with Crippen LogP contribution >= 0.6 is 11.6 Å². The lowest BCUT2D eigenvalue weighted by atomic mass is 10.0. The quantitative estimate of drug-likeness (QED) is 0.442. The Morgan fingerprint density at radius 2 is 1.47 bits per heavy atom. The number of amides is 1. The first kappa shape index (κ1) is 23.6. The molecular weight excluding hydrogens is 448 g/mol. The summed E-state index contributed by atoms with van der Waals surface area (Å²) in [5, 5.41) is 3.26. The number of sulfonamides is 1. The van der Waals surface area contributed by atoms with Crippen LogP contribution in [0.25, 0.3) is 0 Å². The number of rotatable bonds is 8. The standard InChI is InChI=1S/C24H25ClN2O4S/c1-16(2)22-6-4-5-7-23(22)31-17(3)24(28)26-19-12-14-21(15-13-19)32(29,30)27-20-10-8-18(25)9-11-20/h4-17,27H,1-3H3,(H,26,28)/t17-/m0/s1. The Morgan fingerprint density at radius 3 is 2.09 bits per heavy atom. The van der Waals surface area contributed by atoms with Gasteiger partial charge in [-0.3, -0.25) is 9.52 Å². The molecule has 0 fully saturated rings. The lowest BCUT2D eigenvalue weighted by molar-refractivity contribution is -0.122. The maximum absolute atomic E-state index is 12.6. The highest BCUT2D eigenvalue weighted by molar-refractivity contribution is 7.92. The fraction of sp³-hybridized carbons (Fsp3) is 0.208. The van der Waals surface area contributed by atoms with Crippen LogP contribution in [0, 0.1) is 0 Å². The van der Waals surface area contributed by atoms with E-state index in [0.717, 1.165) is 5.56 Å². The van der Waals surface area contributed by atoms with E-state index >= 15 is 0 Å². The zero-order valence-electron chi connectivity index (χ0n) is 18.0. The number of hydrogen-bond donors (Lipinski definition) is 2. The Balaban J connectivity index is 1.64. The Labute approximate surface area is 193 Å². The van der Waals surface area contributed by atoms with Gasteiger partial charge in [-0.05, 0) is 73.0 Å². The van der Waals surface area contributed by atoms with Crippen molar-refractivity contribution in [3.05, 3.63) is 83.4 Å². The molecule has 0 aliphatic carbocycles. The molecule has 0 aromatic heterocycles. The van der Waals surface area contributed by atoms with Gasteiger partial charge in [0.2, 0.25) is 0 Å². The number of ether oxygens (including phenoxy) is 1. The van der Waals surface area contributed by atoms with Crippen LogP contribution in [-0.2, 0) is 14.8 Å². The summed E-state index contributed by atoms with van der Waals surface area (Å²) in [6.07, 6.45) is -0.732. The average molecular weight is 473 g/mol. The minimum Gasteiger partial charge on any atom is -0.481 e. The smallest absolute Gasteiger partial charge is 0.265 e. The molecule has 0 aliphatic rings. The molecule has 8 heteroatoms. The molecular formula is C24H25ClN2O4S. The molecule has 0 spiro atoms. The summed E-state index contributed by atoms with van der Waals surface area (Å²) in [4.78, 5) is 12.6. The van der Waals surface area contributed by atoms with Crippen molar-refractivity contribution >= 4 is 38.9 Å². The number of anilines is 2. The molecule has 0 saturated heterocycles. The van der Waals surface area contributed by atoms with Crippen molar-refractivity contribution in [2.24, 2.45) is 0 Å². The summed E-state index contributed by atoms with van der Waals surface area (Å²) >= 11 is 5.83. The SMILES string of the molecule is CC(C)c1ccccc1O[C@@H](C)C(=O)Nc1ccc(S(=O)(=O)Nc2ccc(Cl)cc2)cc1. The summed E-state index contributed by atoms with van der Waals surface area (Å²) in [6, 6.07) is 19.9. The van der Waals surface area contributed by atoms with Gasteiger partial charge < -0.3 is 10.1 Å². The summed E-state index contributed by atoms with van der Waals surface area (Å²) in [7, 11) is -3.77. The largest absolute Gasteiger partial charge is 0.481 e. The van der Waals surface area contributed by atoms with E-state index in [1.165, 1.54) is 24.3 Å². The molecule has 0 radical (unpaired) electrons. The van der Waals surface area contributed by atoms with Crippen molar-refractivity contribution in [1.82, 2.24) is 0 Å². The maximum atomic E-state index is 12.6. The monoisotopic (exact) mass is 472 g/mol. The van der Waals surface area contributed by atoms with Crippen LogP contribution in [-0.4, -0.2) is 20.4 Å². The number of para-hydroxylation sites is 1. The van der Waals surface area contributed by atoms with Crippen molar-refractivity contribution < 1.29 is 17.9 Å². The van der Waals surface area contributed by atoms with Crippen molar-refractivity contribution in [3.63, 3.8) is 0 Å². The van der Waals surface area contributed by atoms with Crippen molar-refractivity contribution in [2.45, 2.75) is 37.7 Å². The number of hydrogen-bond acceptors (Lipinski definition) is 4. The molecule has 0 bridgehead atoms. The molecule has 2 N–H and O–H groups in total. The van der Waals surface area contributed by atoms with Crippen LogP contribution in [0.1, 0.15) is 32.3 Å². The average Bonchev–Trinajstić information content (AvgIpc) is 2.76. The van der Waals surface area contributed by atoms with Gasteiger partial charge in [0.05, 0.1) is 4.90 Å². The summed E-state index contributed by atoms with van der Waals surface area (Å²) < 4.78 is 33.5. The second-order valence-corrected chi connectivity index (χ2v) is 9.70. The van der Waals surface area contributed by atoms with Crippen molar-refractivity contribution in [1.29, 1.82) is 0 Å². The molecule has 1 atom stereocenters. The molecule has 3 aromatic rings. The topological polar surface area (TPSA) is 84.5 Å². The summed E-state index contributed by atoms with van der Waals surface area (Å²) in [5.41, 5.74) is 1.89. The van der Waals surface area contributed by atoms with E-state index in [-0.39, 0.29) is 16.7 Å². The third-order valence-electron chi connectivity index (χ3n) is 4.74. The molecule has 3 rings (SSSR count). The minimum absolute atomic E-state index is 0.0700.